The summed E-state index contributed by atoms with van der Waals surface area (Å²) in [6, 6.07) is 46.0. The van der Waals surface area contributed by atoms with Crippen LogP contribution in [0.4, 0.5) is 5.69 Å². The van der Waals surface area contributed by atoms with Crippen molar-refractivity contribution in [3.63, 3.8) is 0 Å². The van der Waals surface area contributed by atoms with Crippen LogP contribution in [-0.2, 0) is 23.3 Å². The number of allylic oxidation sites excluding steroid dienone is 3. The van der Waals surface area contributed by atoms with E-state index in [1.165, 1.54) is 95.2 Å². The van der Waals surface area contributed by atoms with Crippen LogP contribution < -0.4 is 4.90 Å². The van der Waals surface area contributed by atoms with Crippen LogP contribution in [0.3, 0.4) is 0 Å². The molecule has 0 spiro atoms. The Morgan fingerprint density at radius 1 is 0.729 bits per heavy atom. The monoisotopic (exact) mass is 715 g/mol. The molecule has 0 amide bonds. The summed E-state index contributed by atoms with van der Waals surface area (Å²) in [5.74, 6) is 0.517. The molecule has 1 heterocycles. The van der Waals surface area contributed by atoms with E-state index in [9.17, 15) is 0 Å². The number of benzene rings is 5. The molecule has 8 rings (SSSR count). The molecule has 1 aliphatic heterocycles. The van der Waals surface area contributed by atoms with Crippen molar-refractivity contribution in [1.82, 2.24) is 0 Å². The second-order valence-corrected chi connectivity index (χ2v) is 12.2. The quantitative estimate of drug-likeness (QED) is 0.130. The first-order valence-corrected chi connectivity index (χ1v) is 20.1. The zero-order valence-electron chi connectivity index (χ0n) is 28.9. The average Bonchev–Trinajstić information content (AvgIpc) is 3.77. The summed E-state index contributed by atoms with van der Waals surface area (Å²) in [7, 11) is 0. The van der Waals surface area contributed by atoms with Crippen LogP contribution in [0.25, 0.3) is 43.8 Å². The molecule has 1 nitrogen and oxygen atoms in total. The van der Waals surface area contributed by atoms with Crippen molar-refractivity contribution in [3.8, 4) is 22.3 Å². The zero-order valence-corrected chi connectivity index (χ0v) is 32.3. The molecule has 0 saturated carbocycles. The maximum absolute atomic E-state index is 3.57. The Hall–Kier alpha value is -3.91. The second kappa shape index (κ2) is 16.5. The van der Waals surface area contributed by atoms with Crippen molar-refractivity contribution in [3.05, 3.63) is 183 Å². The first kappa shape index (κ1) is 36.9. The van der Waals surface area contributed by atoms with Crippen molar-refractivity contribution in [2.45, 2.75) is 33.7 Å². The molecule has 1 unspecified atom stereocenters. The number of anilines is 1. The van der Waals surface area contributed by atoms with Gasteiger partial charge in [0.1, 0.15) is 0 Å². The third-order valence-corrected chi connectivity index (χ3v) is 8.73. The van der Waals surface area contributed by atoms with E-state index in [0.717, 1.165) is 0 Å². The average molecular weight is 717 g/mol. The van der Waals surface area contributed by atoms with Crippen molar-refractivity contribution >= 4 is 34.1 Å². The van der Waals surface area contributed by atoms with Gasteiger partial charge < -0.3 is 19.8 Å². The van der Waals surface area contributed by atoms with Crippen LogP contribution >= 0.6 is 0 Å². The van der Waals surface area contributed by atoms with E-state index in [4.69, 9.17) is 0 Å². The van der Waals surface area contributed by atoms with Gasteiger partial charge in [0.2, 0.25) is 0 Å². The van der Waals surface area contributed by atoms with Gasteiger partial charge in [-0.25, -0.2) is 0 Å². The molecule has 0 aromatic heterocycles. The van der Waals surface area contributed by atoms with Crippen LogP contribution in [0, 0.1) is 33.8 Å². The Kier molecular flexibility index (Phi) is 12.7. The van der Waals surface area contributed by atoms with E-state index in [0.29, 0.717) is 12.0 Å². The molecule has 48 heavy (non-hydrogen) atoms. The van der Waals surface area contributed by atoms with E-state index in [2.05, 4.69) is 185 Å². The first-order chi connectivity index (χ1) is 22.5. The van der Waals surface area contributed by atoms with Gasteiger partial charge in [-0.2, -0.15) is 6.07 Å². The van der Waals surface area contributed by atoms with E-state index in [1.807, 2.05) is 0 Å². The molecule has 2 radical (unpaired) electrons. The van der Waals surface area contributed by atoms with Gasteiger partial charge in [0.05, 0.1) is 0 Å². The summed E-state index contributed by atoms with van der Waals surface area (Å²) in [6.45, 7) is 11.9. The minimum absolute atomic E-state index is 0. The van der Waals surface area contributed by atoms with Gasteiger partial charge in [0.15, 0.2) is 0 Å². The third-order valence-electron chi connectivity index (χ3n) is 8.73. The van der Waals surface area contributed by atoms with Crippen molar-refractivity contribution in [1.29, 1.82) is 0 Å². The fourth-order valence-electron chi connectivity index (χ4n) is 6.55. The van der Waals surface area contributed by atoms with Gasteiger partial charge >= 0.3 is 30.2 Å². The molecule has 0 fully saturated rings. The predicted molar refractivity (Wildman–Crippen MR) is 207 cm³/mol. The van der Waals surface area contributed by atoms with Crippen LogP contribution in [0.1, 0.15) is 26.3 Å². The van der Waals surface area contributed by atoms with E-state index < -0.39 is 0 Å². The fourth-order valence-corrected chi connectivity index (χ4v) is 6.55. The summed E-state index contributed by atoms with van der Waals surface area (Å²) in [6.07, 6.45) is 8.20. The number of hydrogen-bond acceptors (Lipinski definition) is 1. The van der Waals surface area contributed by atoms with Gasteiger partial charge in [0, 0.05) is 17.1 Å². The molecular weight excluding hydrogens is 674 g/mol. The van der Waals surface area contributed by atoms with Crippen LogP contribution in [0.15, 0.2) is 156 Å². The minimum atomic E-state index is 0. The van der Waals surface area contributed by atoms with Gasteiger partial charge in [-0.3, -0.25) is 0 Å². The third kappa shape index (κ3) is 7.54. The van der Waals surface area contributed by atoms with Crippen molar-refractivity contribution in [2.24, 2.45) is 5.92 Å². The molecule has 1 atom stereocenters. The zero-order chi connectivity index (χ0) is 32.2. The number of aryl methyl sites for hydroxylation is 1. The molecule has 0 N–H and O–H groups in total. The molecule has 0 bridgehead atoms. The summed E-state index contributed by atoms with van der Waals surface area (Å²) < 4.78 is 0. The summed E-state index contributed by atoms with van der Waals surface area (Å²) in [4.78, 5) is 2.44. The number of hydrogen-bond donors (Lipinski definition) is 0. The number of fused-ring (bicyclic) bond motifs is 3. The van der Waals surface area contributed by atoms with E-state index in [1.54, 1.807) is 0 Å². The van der Waals surface area contributed by atoms with E-state index >= 15 is 0 Å². The Morgan fingerprint density at radius 2 is 1.35 bits per heavy atom. The summed E-state index contributed by atoms with van der Waals surface area (Å²) in [5, 5.41) is 5.26. The number of nitrogens with zero attached hydrogens (tertiary/aromatic N) is 1. The van der Waals surface area contributed by atoms with Crippen molar-refractivity contribution < 1.29 is 23.3 Å². The van der Waals surface area contributed by atoms with Gasteiger partial charge in [-0.15, -0.1) is 57.8 Å². The van der Waals surface area contributed by atoms with Crippen LogP contribution in [0.2, 0.25) is 0 Å². The number of rotatable bonds is 4. The van der Waals surface area contributed by atoms with Crippen LogP contribution in [0.5, 0.6) is 0 Å². The van der Waals surface area contributed by atoms with Crippen LogP contribution in [-0.4, -0.2) is 12.9 Å². The molecule has 6 aromatic carbocycles. The summed E-state index contributed by atoms with van der Waals surface area (Å²) >= 11 is 1.36. The van der Waals surface area contributed by atoms with Gasteiger partial charge in [-0.1, -0.05) is 141 Å². The molecule has 6 aromatic rings. The SMILES string of the molecule is CC(C)C1=[C-]C2=CC(C)N(c3cccc4ccccc34)C2=C1.Cc1cc2c(-c3ccccc3)cc(-c3ccccc3)cc2[cH-]1.[CH3-].[CH3-].[Si]=[Zr]. The second-order valence-electron chi connectivity index (χ2n) is 12.2. The first-order valence-electron chi connectivity index (χ1n) is 15.9. The molecule has 2 aliphatic rings. The Balaban J connectivity index is 0.000000198. The maximum atomic E-state index is 3.57. The fraction of sp³-hybridized carbons (Fsp3) is 0.133. The van der Waals surface area contributed by atoms with Gasteiger partial charge in [-0.05, 0) is 35.4 Å². The van der Waals surface area contributed by atoms with E-state index in [-0.39, 0.29) is 14.9 Å². The predicted octanol–water partition coefficient (Wildman–Crippen LogP) is 12.0. The molecule has 240 valence electrons. The Morgan fingerprint density at radius 3 is 2.04 bits per heavy atom. The Labute approximate surface area is 305 Å². The van der Waals surface area contributed by atoms with Crippen molar-refractivity contribution in [2.75, 3.05) is 4.90 Å². The standard InChI is InChI=1S/C22H17.C21H20N.2CH3.Si.Zr/c1-16-12-20-14-19(17-8-4-2-5-9-17)15-22(21(20)13-16)18-10-6-3-7-11-18;1-14(2)17-12-18-11-15(3)22(21(18)13-17)20-10-6-8-16-7-4-5-9-19(16)20;;;;/h2-15H,1H3;4-11,13-15H,1-3H3;2*1H3;;/q4*-1;;. The molecule has 1 aliphatic carbocycles. The Bertz CT molecular complexity index is 2080. The normalized spacial score (nSPS) is 14.4. The topological polar surface area (TPSA) is 3.24 Å². The van der Waals surface area contributed by atoms with Gasteiger partial charge in [0.25, 0.3) is 0 Å². The molecule has 3 heteroatoms. The summed E-state index contributed by atoms with van der Waals surface area (Å²) in [5.41, 5.74) is 11.6. The molecule has 0 saturated heterocycles. The molecular formula is C45H43NSiZr-4.